The number of halogens is 1. The summed E-state index contributed by atoms with van der Waals surface area (Å²) in [5.41, 5.74) is 1.16. The molecule has 1 aromatic heterocycles. The van der Waals surface area contributed by atoms with Crippen molar-refractivity contribution < 1.29 is 22.7 Å². The molecule has 12 heteroatoms. The highest BCUT2D eigenvalue weighted by molar-refractivity contribution is 7.92. The lowest BCUT2D eigenvalue weighted by molar-refractivity contribution is -0.122. The van der Waals surface area contributed by atoms with E-state index in [9.17, 15) is 13.2 Å². The number of aromatic nitrogens is 2. The number of amides is 1. The minimum absolute atomic E-state index is 0.0519. The average molecular weight is 543 g/mol. The normalized spacial score (nSPS) is 15.1. The summed E-state index contributed by atoms with van der Waals surface area (Å²) in [6.45, 7) is -0.224. The molecule has 3 aromatic carbocycles. The first kappa shape index (κ1) is 24.0. The summed E-state index contributed by atoms with van der Waals surface area (Å²) in [7, 11) is -2.41. The molecule has 0 fully saturated rings. The monoisotopic (exact) mass is 542 g/mol. The number of para-hydroxylation sites is 2. The Labute approximate surface area is 216 Å². The van der Waals surface area contributed by atoms with E-state index in [0.717, 1.165) is 5.56 Å². The van der Waals surface area contributed by atoms with Crippen LogP contribution in [0.1, 0.15) is 0 Å². The Kier molecular flexibility index (Phi) is 6.52. The van der Waals surface area contributed by atoms with E-state index in [0.29, 0.717) is 21.5 Å². The molecule has 0 spiro atoms. The molecule has 9 nitrogen and oxygen atoms in total. The molecule has 5 rings (SSSR count). The summed E-state index contributed by atoms with van der Waals surface area (Å²) in [5, 5.41) is 12.2. The minimum Gasteiger partial charge on any atom is -0.497 e. The van der Waals surface area contributed by atoms with Gasteiger partial charge < -0.3 is 9.47 Å². The molecule has 0 saturated heterocycles. The van der Waals surface area contributed by atoms with Crippen LogP contribution in [0.25, 0.3) is 10.6 Å². The largest absolute Gasteiger partial charge is 0.497 e. The van der Waals surface area contributed by atoms with Crippen LogP contribution in [0.5, 0.6) is 11.5 Å². The molecule has 1 atom stereocenters. The van der Waals surface area contributed by atoms with Gasteiger partial charge in [0.05, 0.1) is 24.2 Å². The topological polar surface area (TPSA) is 111 Å². The number of hydrogen-bond donors (Lipinski definition) is 1. The Bertz CT molecular complexity index is 1510. The van der Waals surface area contributed by atoms with E-state index in [1.54, 1.807) is 43.5 Å². The van der Waals surface area contributed by atoms with Crippen LogP contribution in [0.15, 0.2) is 77.7 Å². The molecule has 0 saturated carbocycles. The number of carbonyl (C=O) groups is 1. The number of sulfonamides is 1. The maximum absolute atomic E-state index is 13.5. The van der Waals surface area contributed by atoms with E-state index < -0.39 is 22.0 Å². The van der Waals surface area contributed by atoms with Crippen molar-refractivity contribution in [3.05, 3.63) is 77.8 Å². The van der Waals surface area contributed by atoms with E-state index in [1.807, 2.05) is 12.1 Å². The van der Waals surface area contributed by atoms with E-state index in [1.165, 1.54) is 39.9 Å². The van der Waals surface area contributed by atoms with Crippen molar-refractivity contribution in [1.29, 1.82) is 0 Å². The summed E-state index contributed by atoms with van der Waals surface area (Å²) in [6, 6.07) is 19.8. The van der Waals surface area contributed by atoms with Crippen LogP contribution in [0.3, 0.4) is 0 Å². The van der Waals surface area contributed by atoms with Gasteiger partial charge >= 0.3 is 0 Å². The second kappa shape index (κ2) is 9.76. The number of nitrogens with zero attached hydrogens (tertiary/aromatic N) is 3. The molecular formula is C24H19ClN4O5S2. The quantitative estimate of drug-likeness (QED) is 0.383. The molecule has 4 aromatic rings. The fourth-order valence-electron chi connectivity index (χ4n) is 3.61. The van der Waals surface area contributed by atoms with Gasteiger partial charge in [0.25, 0.3) is 15.9 Å². The smallest absolute Gasteiger partial charge is 0.269 e. The summed E-state index contributed by atoms with van der Waals surface area (Å²) in [5.74, 6) is 0.445. The molecule has 36 heavy (non-hydrogen) atoms. The zero-order valence-electron chi connectivity index (χ0n) is 18.8. The summed E-state index contributed by atoms with van der Waals surface area (Å²) < 4.78 is 39.1. The van der Waals surface area contributed by atoms with Gasteiger partial charge in [-0.1, -0.05) is 35.1 Å². The summed E-state index contributed by atoms with van der Waals surface area (Å²) in [4.78, 5) is 13.2. The van der Waals surface area contributed by atoms with Gasteiger partial charge in [0.15, 0.2) is 6.10 Å². The molecule has 1 amide bonds. The van der Waals surface area contributed by atoms with Crippen LogP contribution in [-0.2, 0) is 14.8 Å². The number of methoxy groups -OCH3 is 1. The van der Waals surface area contributed by atoms with E-state index in [4.69, 9.17) is 21.1 Å². The fraction of sp³-hybridized carbons (Fsp3) is 0.125. The van der Waals surface area contributed by atoms with E-state index in [2.05, 4.69) is 15.5 Å². The second-order valence-corrected chi connectivity index (χ2v) is 11.0. The van der Waals surface area contributed by atoms with Gasteiger partial charge in [0, 0.05) is 10.6 Å². The number of ether oxygens (including phenoxy) is 2. The van der Waals surface area contributed by atoms with Crippen LogP contribution >= 0.6 is 22.9 Å². The Hall–Kier alpha value is -3.67. The van der Waals surface area contributed by atoms with Gasteiger partial charge in [-0.3, -0.25) is 14.4 Å². The molecule has 1 aliphatic heterocycles. The zero-order chi connectivity index (χ0) is 25.3. The van der Waals surface area contributed by atoms with Gasteiger partial charge in [0.1, 0.15) is 16.5 Å². The van der Waals surface area contributed by atoms with Crippen LogP contribution in [0.2, 0.25) is 5.02 Å². The molecule has 1 aliphatic rings. The van der Waals surface area contributed by atoms with Crippen LogP contribution in [-0.4, -0.2) is 44.3 Å². The van der Waals surface area contributed by atoms with Gasteiger partial charge in [-0.2, -0.15) is 0 Å². The molecule has 0 radical (unpaired) electrons. The highest BCUT2D eigenvalue weighted by Crippen LogP contribution is 2.37. The third-order valence-corrected chi connectivity index (χ3v) is 8.35. The van der Waals surface area contributed by atoms with Crippen molar-refractivity contribution in [1.82, 2.24) is 10.2 Å². The van der Waals surface area contributed by atoms with Gasteiger partial charge in [-0.25, -0.2) is 8.42 Å². The molecule has 0 aliphatic carbocycles. The fourth-order valence-corrected chi connectivity index (χ4v) is 5.96. The minimum atomic E-state index is -3.99. The van der Waals surface area contributed by atoms with Gasteiger partial charge in [-0.15, -0.1) is 10.2 Å². The van der Waals surface area contributed by atoms with Crippen LogP contribution in [0, 0.1) is 0 Å². The number of benzene rings is 3. The maximum atomic E-state index is 13.5. The first-order valence-corrected chi connectivity index (χ1v) is 13.3. The van der Waals surface area contributed by atoms with Crippen molar-refractivity contribution in [2.24, 2.45) is 0 Å². The zero-order valence-corrected chi connectivity index (χ0v) is 21.2. The molecule has 184 valence electrons. The Morgan fingerprint density at radius 1 is 1.08 bits per heavy atom. The Morgan fingerprint density at radius 3 is 2.53 bits per heavy atom. The standard InChI is InChI=1S/C24H19ClN4O5S2/c1-33-17-10-6-15(7-11-17)23-27-28-24(35-23)26-22(30)21-14-29(19-4-2-3-5-20(19)34-21)36(31,32)18-12-8-16(25)9-13-18/h2-13,21H,14H2,1H3,(H,26,28,30)/t21-/m1/s1. The van der Waals surface area contributed by atoms with Crippen molar-refractivity contribution in [2.75, 3.05) is 23.3 Å². The first-order chi connectivity index (χ1) is 17.3. The SMILES string of the molecule is COc1ccc(-c2nnc(NC(=O)[C@H]3CN(S(=O)(=O)c4ccc(Cl)cc4)c4ccccc4O3)s2)cc1. The van der Waals surface area contributed by atoms with Crippen molar-refractivity contribution >= 4 is 49.7 Å². The van der Waals surface area contributed by atoms with Crippen molar-refractivity contribution in [2.45, 2.75) is 11.0 Å². The van der Waals surface area contributed by atoms with Crippen molar-refractivity contribution in [3.63, 3.8) is 0 Å². The number of carbonyl (C=O) groups excluding carboxylic acids is 1. The second-order valence-electron chi connectivity index (χ2n) is 7.69. The highest BCUT2D eigenvalue weighted by atomic mass is 35.5. The molecule has 0 bridgehead atoms. The first-order valence-electron chi connectivity index (χ1n) is 10.7. The third kappa shape index (κ3) is 4.72. The molecular weight excluding hydrogens is 524 g/mol. The van der Waals surface area contributed by atoms with Crippen molar-refractivity contribution in [3.8, 4) is 22.1 Å². The number of nitrogens with one attached hydrogen (secondary N) is 1. The Balaban J connectivity index is 1.38. The molecule has 1 N–H and O–H groups in total. The predicted octanol–water partition coefficient (Wildman–Crippen LogP) is 4.46. The lowest BCUT2D eigenvalue weighted by Gasteiger charge is -2.34. The van der Waals surface area contributed by atoms with Gasteiger partial charge in [0.2, 0.25) is 5.13 Å². The Morgan fingerprint density at radius 2 is 1.81 bits per heavy atom. The third-order valence-electron chi connectivity index (χ3n) is 5.42. The molecule has 0 unspecified atom stereocenters. The molecule has 2 heterocycles. The maximum Gasteiger partial charge on any atom is 0.269 e. The number of hydrogen-bond acceptors (Lipinski definition) is 8. The predicted molar refractivity (Wildman–Crippen MR) is 137 cm³/mol. The van der Waals surface area contributed by atoms with Crippen LogP contribution < -0.4 is 19.1 Å². The number of anilines is 2. The number of fused-ring (bicyclic) bond motifs is 1. The van der Waals surface area contributed by atoms with E-state index >= 15 is 0 Å². The van der Waals surface area contributed by atoms with E-state index in [-0.39, 0.29) is 22.3 Å². The van der Waals surface area contributed by atoms with Crippen LogP contribution in [0.4, 0.5) is 10.8 Å². The lowest BCUT2D eigenvalue weighted by atomic mass is 10.2. The number of rotatable bonds is 6. The van der Waals surface area contributed by atoms with Gasteiger partial charge in [-0.05, 0) is 60.7 Å². The average Bonchev–Trinajstić information content (AvgIpc) is 3.36. The lowest BCUT2D eigenvalue weighted by Crippen LogP contribution is -2.48. The highest BCUT2D eigenvalue weighted by Gasteiger charge is 2.37. The summed E-state index contributed by atoms with van der Waals surface area (Å²) >= 11 is 7.11. The summed E-state index contributed by atoms with van der Waals surface area (Å²) in [6.07, 6.45) is -1.12.